The summed E-state index contributed by atoms with van der Waals surface area (Å²) in [7, 11) is 0. The normalized spacial score (nSPS) is 15.6. The molecule has 0 aromatic rings. The van der Waals surface area contributed by atoms with Crippen LogP contribution >= 0.6 is 0 Å². The topological polar surface area (TPSA) is 47.6 Å². The number of rotatable bonds is 6. The molecule has 0 rings (SSSR count). The third kappa shape index (κ3) is 7.65. The molecule has 1 unspecified atom stereocenters. The first-order valence-electron chi connectivity index (χ1n) is 5.83. The zero-order chi connectivity index (χ0) is 12.8. The van der Waals surface area contributed by atoms with Gasteiger partial charge >= 0.3 is 5.97 Å². The minimum Gasteiger partial charge on any atom is -0.459 e. The van der Waals surface area contributed by atoms with E-state index in [1.807, 2.05) is 34.6 Å². The standard InChI is InChI=1S/C12H25NO3/c1-7-15-8-9(2)13-10(3)11(14)16-12(4,5)6/h9-10,13H,7-8H2,1-6H3/t9?,10-/m0/s1. The highest BCUT2D eigenvalue weighted by atomic mass is 16.6. The van der Waals surface area contributed by atoms with E-state index in [9.17, 15) is 4.79 Å². The predicted molar refractivity (Wildman–Crippen MR) is 64.4 cm³/mol. The Morgan fingerprint density at radius 3 is 2.31 bits per heavy atom. The van der Waals surface area contributed by atoms with Gasteiger partial charge in [0.1, 0.15) is 11.6 Å². The van der Waals surface area contributed by atoms with Crippen LogP contribution in [0.5, 0.6) is 0 Å². The molecule has 0 saturated heterocycles. The Balaban J connectivity index is 3.95. The van der Waals surface area contributed by atoms with Crippen molar-refractivity contribution in [3.63, 3.8) is 0 Å². The van der Waals surface area contributed by atoms with E-state index in [-0.39, 0.29) is 18.1 Å². The summed E-state index contributed by atoms with van der Waals surface area (Å²) < 4.78 is 10.5. The first kappa shape index (κ1) is 15.4. The van der Waals surface area contributed by atoms with Crippen LogP contribution in [0.1, 0.15) is 41.5 Å². The fourth-order valence-corrected chi connectivity index (χ4v) is 1.23. The predicted octanol–water partition coefficient (Wildman–Crippen LogP) is 1.73. The molecular formula is C12H25NO3. The molecule has 4 nitrogen and oxygen atoms in total. The number of carbonyl (C=O) groups is 1. The maximum absolute atomic E-state index is 11.6. The summed E-state index contributed by atoms with van der Waals surface area (Å²) in [6.07, 6.45) is 0. The summed E-state index contributed by atoms with van der Waals surface area (Å²) in [5.41, 5.74) is -0.434. The summed E-state index contributed by atoms with van der Waals surface area (Å²) in [5.74, 6) is -0.226. The molecule has 0 radical (unpaired) electrons. The number of nitrogens with one attached hydrogen (secondary N) is 1. The highest BCUT2D eigenvalue weighted by Crippen LogP contribution is 2.08. The van der Waals surface area contributed by atoms with E-state index in [1.54, 1.807) is 6.92 Å². The zero-order valence-corrected chi connectivity index (χ0v) is 11.3. The van der Waals surface area contributed by atoms with Gasteiger partial charge in [0.05, 0.1) is 6.61 Å². The van der Waals surface area contributed by atoms with Crippen molar-refractivity contribution in [3.05, 3.63) is 0 Å². The van der Waals surface area contributed by atoms with Gasteiger partial charge in [0, 0.05) is 12.6 Å². The molecule has 1 N–H and O–H groups in total. The summed E-state index contributed by atoms with van der Waals surface area (Å²) in [6, 6.07) is -0.169. The van der Waals surface area contributed by atoms with Crippen LogP contribution in [-0.2, 0) is 14.3 Å². The Bertz CT molecular complexity index is 211. The number of esters is 1. The van der Waals surface area contributed by atoms with Crippen molar-refractivity contribution in [2.75, 3.05) is 13.2 Å². The summed E-state index contributed by atoms with van der Waals surface area (Å²) in [6.45, 7) is 12.6. The fourth-order valence-electron chi connectivity index (χ4n) is 1.23. The number of ether oxygens (including phenoxy) is 2. The van der Waals surface area contributed by atoms with Crippen molar-refractivity contribution in [3.8, 4) is 0 Å². The van der Waals surface area contributed by atoms with Crippen molar-refractivity contribution in [2.24, 2.45) is 0 Å². The molecule has 0 aliphatic carbocycles. The first-order valence-corrected chi connectivity index (χ1v) is 5.83. The van der Waals surface area contributed by atoms with Crippen LogP contribution in [0, 0.1) is 0 Å². The number of hydrogen-bond donors (Lipinski definition) is 1. The quantitative estimate of drug-likeness (QED) is 0.707. The lowest BCUT2D eigenvalue weighted by atomic mass is 10.2. The third-order valence-corrected chi connectivity index (χ3v) is 1.87. The van der Waals surface area contributed by atoms with Gasteiger partial charge in [-0.25, -0.2) is 0 Å². The molecule has 0 heterocycles. The van der Waals surface area contributed by atoms with Gasteiger partial charge in [-0.3, -0.25) is 10.1 Å². The van der Waals surface area contributed by atoms with Crippen molar-refractivity contribution < 1.29 is 14.3 Å². The maximum Gasteiger partial charge on any atom is 0.323 e. The van der Waals surface area contributed by atoms with E-state index in [4.69, 9.17) is 9.47 Å². The lowest BCUT2D eigenvalue weighted by Crippen LogP contribution is -2.44. The Morgan fingerprint density at radius 1 is 1.31 bits per heavy atom. The lowest BCUT2D eigenvalue weighted by Gasteiger charge is -2.24. The van der Waals surface area contributed by atoms with Crippen LogP contribution < -0.4 is 5.32 Å². The van der Waals surface area contributed by atoms with Gasteiger partial charge in [-0.15, -0.1) is 0 Å². The largest absolute Gasteiger partial charge is 0.459 e. The van der Waals surface area contributed by atoms with E-state index in [1.165, 1.54) is 0 Å². The van der Waals surface area contributed by atoms with Crippen LogP contribution in [0.4, 0.5) is 0 Å². The fraction of sp³-hybridized carbons (Fsp3) is 0.917. The second-order valence-corrected chi connectivity index (χ2v) is 4.98. The summed E-state index contributed by atoms with van der Waals surface area (Å²) in [5, 5.41) is 3.14. The molecular weight excluding hydrogens is 206 g/mol. The van der Waals surface area contributed by atoms with Gasteiger partial charge in [-0.2, -0.15) is 0 Å². The van der Waals surface area contributed by atoms with Crippen molar-refractivity contribution in [1.82, 2.24) is 5.32 Å². The Labute approximate surface area is 98.7 Å². The third-order valence-electron chi connectivity index (χ3n) is 1.87. The molecule has 0 aliphatic rings. The molecule has 96 valence electrons. The van der Waals surface area contributed by atoms with E-state index >= 15 is 0 Å². The van der Waals surface area contributed by atoms with Crippen LogP contribution in [0.3, 0.4) is 0 Å². The highest BCUT2D eigenvalue weighted by molar-refractivity contribution is 5.75. The van der Waals surface area contributed by atoms with E-state index in [0.717, 1.165) is 0 Å². The molecule has 0 aromatic carbocycles. The average molecular weight is 231 g/mol. The molecule has 0 spiro atoms. The maximum atomic E-state index is 11.6. The van der Waals surface area contributed by atoms with Crippen molar-refractivity contribution in [1.29, 1.82) is 0 Å². The van der Waals surface area contributed by atoms with Gasteiger partial charge in [-0.05, 0) is 41.5 Å². The van der Waals surface area contributed by atoms with E-state index < -0.39 is 5.60 Å². The van der Waals surface area contributed by atoms with Crippen molar-refractivity contribution >= 4 is 5.97 Å². The van der Waals surface area contributed by atoms with Gasteiger partial charge in [0.2, 0.25) is 0 Å². The second kappa shape index (κ2) is 6.86. The lowest BCUT2D eigenvalue weighted by molar-refractivity contribution is -0.157. The molecule has 4 heteroatoms. The summed E-state index contributed by atoms with van der Waals surface area (Å²) in [4.78, 5) is 11.6. The monoisotopic (exact) mass is 231 g/mol. The van der Waals surface area contributed by atoms with E-state index in [2.05, 4.69) is 5.32 Å². The van der Waals surface area contributed by atoms with Crippen LogP contribution in [0.15, 0.2) is 0 Å². The van der Waals surface area contributed by atoms with Crippen LogP contribution in [-0.4, -0.2) is 36.9 Å². The first-order chi connectivity index (χ1) is 7.26. The molecule has 0 aliphatic heterocycles. The van der Waals surface area contributed by atoms with Crippen LogP contribution in [0.2, 0.25) is 0 Å². The van der Waals surface area contributed by atoms with Crippen molar-refractivity contribution in [2.45, 2.75) is 59.2 Å². The summed E-state index contributed by atoms with van der Waals surface area (Å²) >= 11 is 0. The Morgan fingerprint density at radius 2 is 1.88 bits per heavy atom. The average Bonchev–Trinajstić information content (AvgIpc) is 2.11. The molecule has 16 heavy (non-hydrogen) atoms. The molecule has 0 amide bonds. The van der Waals surface area contributed by atoms with Gasteiger partial charge in [0.25, 0.3) is 0 Å². The highest BCUT2D eigenvalue weighted by Gasteiger charge is 2.22. The number of carbonyl (C=O) groups excluding carboxylic acids is 1. The van der Waals surface area contributed by atoms with Gasteiger partial charge < -0.3 is 9.47 Å². The van der Waals surface area contributed by atoms with Gasteiger partial charge in [-0.1, -0.05) is 0 Å². The van der Waals surface area contributed by atoms with E-state index in [0.29, 0.717) is 13.2 Å². The van der Waals surface area contributed by atoms with Gasteiger partial charge in [0.15, 0.2) is 0 Å². The van der Waals surface area contributed by atoms with Crippen LogP contribution in [0.25, 0.3) is 0 Å². The SMILES string of the molecule is CCOCC(C)N[C@@H](C)C(=O)OC(C)(C)C. The molecule has 0 fully saturated rings. The molecule has 0 aromatic heterocycles. The Hall–Kier alpha value is -0.610. The molecule has 0 bridgehead atoms. The number of hydrogen-bond acceptors (Lipinski definition) is 4. The minimum absolute atomic E-state index is 0.141. The minimum atomic E-state index is -0.434. The zero-order valence-electron chi connectivity index (χ0n) is 11.3. The smallest absolute Gasteiger partial charge is 0.323 e. The molecule has 2 atom stereocenters. The second-order valence-electron chi connectivity index (χ2n) is 4.98. The molecule has 0 saturated carbocycles. The Kier molecular flexibility index (Phi) is 6.60.